The summed E-state index contributed by atoms with van der Waals surface area (Å²) >= 11 is 0. The monoisotopic (exact) mass is 804 g/mol. The van der Waals surface area contributed by atoms with Gasteiger partial charge in [-0.1, -0.05) is 75.4 Å². The van der Waals surface area contributed by atoms with Gasteiger partial charge in [-0.15, -0.1) is 6.58 Å². The molecule has 1 aliphatic heterocycles. The number of nitrogens with zero attached hydrogens (tertiary/aromatic N) is 2. The Bertz CT molecular complexity index is 2240. The van der Waals surface area contributed by atoms with Crippen LogP contribution < -0.4 is 31.0 Å². The number of ether oxygens (including phenoxy) is 3. The zero-order chi connectivity index (χ0) is 42.7. The van der Waals surface area contributed by atoms with Crippen molar-refractivity contribution in [3.8, 4) is 22.8 Å². The van der Waals surface area contributed by atoms with E-state index < -0.39 is 70.4 Å². The number of pyridine rings is 1. The summed E-state index contributed by atoms with van der Waals surface area (Å²) in [5, 5.41) is 6.34. The molecule has 4 aromatic rings. The molecule has 1 saturated carbocycles. The third-order valence-corrected chi connectivity index (χ3v) is 10.3. The van der Waals surface area contributed by atoms with Crippen molar-refractivity contribution < 1.29 is 38.2 Å². The summed E-state index contributed by atoms with van der Waals surface area (Å²) in [5.41, 5.74) is 4.24. The third kappa shape index (κ3) is 9.65. The molecule has 310 valence electrons. The first-order chi connectivity index (χ1) is 27.9. The van der Waals surface area contributed by atoms with Gasteiger partial charge < -0.3 is 29.7 Å². The number of fused-ring (bicyclic) bond motifs is 1. The molecular formula is C45H52N6O8. The summed E-state index contributed by atoms with van der Waals surface area (Å²) in [6, 6.07) is 23.0. The van der Waals surface area contributed by atoms with E-state index in [9.17, 15) is 24.0 Å². The van der Waals surface area contributed by atoms with Crippen LogP contribution in [0.5, 0.6) is 11.5 Å². The molecule has 2 fully saturated rings. The van der Waals surface area contributed by atoms with E-state index in [2.05, 4.69) is 28.1 Å². The standard InChI is InChI=1S/C45H52N6O8/c1-9-29-25-45(29,41(55)50-49-38(52)28-18-14-11-15-19-28)48-39(53)35-23-31(26-51(35)40(54)37(43(2,3)4)47-42(56)59-44(5,6)7)58-36-24-33(27-16-12-10-13-17-27)46-34-22-30(57-8)20-21-32(34)36/h9-22,24,29,31,35,37H,1,23,25-26H2,2-8H3,(H,47,56)(H,48,53)(H,49,52)(H,50,55)/t29-,31-,35+,37-,45-/m1/s1. The Morgan fingerprint density at radius 1 is 0.915 bits per heavy atom. The highest BCUT2D eigenvalue weighted by Crippen LogP contribution is 2.45. The SMILES string of the molecule is C=C[C@@H]1C[C@]1(NC(=O)[C@@H]1C[C@@H](Oc2cc(-c3ccccc3)nc3cc(OC)ccc23)CN1C(=O)[C@@H](NC(=O)OC(C)(C)C)C(C)(C)C)C(=O)NNC(=O)c1ccccc1. The van der Waals surface area contributed by atoms with Gasteiger partial charge in [0.2, 0.25) is 11.8 Å². The molecule has 5 atom stereocenters. The quantitative estimate of drug-likeness (QED) is 0.109. The van der Waals surface area contributed by atoms with E-state index in [-0.39, 0.29) is 19.4 Å². The van der Waals surface area contributed by atoms with Gasteiger partial charge in [0.05, 0.1) is 24.9 Å². The Hall–Kier alpha value is -6.44. The van der Waals surface area contributed by atoms with Crippen LogP contribution in [0.3, 0.4) is 0 Å². The van der Waals surface area contributed by atoms with Crippen LogP contribution in [0.2, 0.25) is 0 Å². The van der Waals surface area contributed by atoms with Gasteiger partial charge in [0.15, 0.2) is 0 Å². The van der Waals surface area contributed by atoms with Crippen molar-refractivity contribution in [2.24, 2.45) is 11.3 Å². The Kier molecular flexibility index (Phi) is 12.0. The number of hydrazine groups is 1. The van der Waals surface area contributed by atoms with Gasteiger partial charge in [-0.05, 0) is 56.9 Å². The predicted molar refractivity (Wildman–Crippen MR) is 222 cm³/mol. The molecule has 4 N–H and O–H groups in total. The fourth-order valence-corrected chi connectivity index (χ4v) is 7.18. The second-order valence-corrected chi connectivity index (χ2v) is 17.0. The second-order valence-electron chi connectivity index (χ2n) is 17.0. The number of likely N-dealkylation sites (tertiary alicyclic amines) is 1. The van der Waals surface area contributed by atoms with Gasteiger partial charge in [0.1, 0.15) is 40.8 Å². The summed E-state index contributed by atoms with van der Waals surface area (Å²) in [5.74, 6) is -1.69. The summed E-state index contributed by atoms with van der Waals surface area (Å²) in [4.78, 5) is 75.1. The number of carbonyl (C=O) groups is 5. The summed E-state index contributed by atoms with van der Waals surface area (Å²) in [7, 11) is 1.57. The first-order valence-corrected chi connectivity index (χ1v) is 19.5. The lowest BCUT2D eigenvalue weighted by molar-refractivity contribution is -0.143. The Labute approximate surface area is 344 Å². The Morgan fingerprint density at radius 2 is 1.59 bits per heavy atom. The molecule has 3 aromatic carbocycles. The molecular weight excluding hydrogens is 753 g/mol. The first kappa shape index (κ1) is 42.2. The minimum atomic E-state index is -1.44. The van der Waals surface area contributed by atoms with Gasteiger partial charge in [0.25, 0.3) is 11.8 Å². The molecule has 0 radical (unpaired) electrons. The highest BCUT2D eigenvalue weighted by molar-refractivity contribution is 6.01. The topological polar surface area (TPSA) is 177 Å². The highest BCUT2D eigenvalue weighted by atomic mass is 16.6. The molecule has 0 bridgehead atoms. The molecule has 0 unspecified atom stereocenters. The van der Waals surface area contributed by atoms with Crippen molar-refractivity contribution in [2.45, 2.75) is 83.7 Å². The number of carbonyl (C=O) groups excluding carboxylic acids is 5. The van der Waals surface area contributed by atoms with Gasteiger partial charge in [-0.25, -0.2) is 9.78 Å². The average Bonchev–Trinajstić information content (AvgIpc) is 3.76. The van der Waals surface area contributed by atoms with Crippen LogP contribution in [0.25, 0.3) is 22.2 Å². The molecule has 1 aliphatic carbocycles. The van der Waals surface area contributed by atoms with Crippen molar-refractivity contribution in [1.82, 2.24) is 31.4 Å². The molecule has 2 heterocycles. The number of nitrogens with one attached hydrogen (secondary N) is 4. The van der Waals surface area contributed by atoms with E-state index in [0.29, 0.717) is 33.7 Å². The van der Waals surface area contributed by atoms with Gasteiger partial charge >= 0.3 is 6.09 Å². The highest BCUT2D eigenvalue weighted by Gasteiger charge is 2.61. The van der Waals surface area contributed by atoms with E-state index in [1.807, 2.05) is 48.5 Å². The zero-order valence-electron chi connectivity index (χ0n) is 34.5. The number of hydrogen-bond donors (Lipinski definition) is 4. The predicted octanol–water partition coefficient (Wildman–Crippen LogP) is 5.72. The average molecular weight is 805 g/mol. The minimum Gasteiger partial charge on any atom is -0.497 e. The molecule has 0 spiro atoms. The van der Waals surface area contributed by atoms with Gasteiger partial charge in [-0.3, -0.25) is 30.0 Å². The number of aromatic nitrogens is 1. The summed E-state index contributed by atoms with van der Waals surface area (Å²) in [6.45, 7) is 14.4. The minimum absolute atomic E-state index is 0.0304. The van der Waals surface area contributed by atoms with E-state index in [4.69, 9.17) is 19.2 Å². The van der Waals surface area contributed by atoms with Gasteiger partial charge in [0, 0.05) is 41.0 Å². The summed E-state index contributed by atoms with van der Waals surface area (Å²) < 4.78 is 17.7. The number of rotatable bonds is 11. The lowest BCUT2D eigenvalue weighted by atomic mass is 9.85. The largest absolute Gasteiger partial charge is 0.497 e. The fourth-order valence-electron chi connectivity index (χ4n) is 7.18. The van der Waals surface area contributed by atoms with E-state index in [0.717, 1.165) is 5.56 Å². The van der Waals surface area contributed by atoms with Crippen LogP contribution in [-0.4, -0.2) is 82.6 Å². The molecule has 5 amide bonds. The van der Waals surface area contributed by atoms with Crippen molar-refractivity contribution in [2.75, 3.05) is 13.7 Å². The maximum atomic E-state index is 14.7. The zero-order valence-corrected chi connectivity index (χ0v) is 34.5. The number of benzene rings is 3. The van der Waals surface area contributed by atoms with E-state index in [1.54, 1.807) is 91.1 Å². The number of methoxy groups -OCH3 is 1. The van der Waals surface area contributed by atoms with Crippen LogP contribution in [0.1, 0.15) is 64.7 Å². The Morgan fingerprint density at radius 3 is 2.20 bits per heavy atom. The van der Waals surface area contributed by atoms with Crippen LogP contribution in [0.4, 0.5) is 4.79 Å². The summed E-state index contributed by atoms with van der Waals surface area (Å²) in [6.07, 6.45) is 0.331. The fraction of sp³-hybridized carbons (Fsp3) is 0.378. The number of hydrogen-bond acceptors (Lipinski definition) is 9. The molecule has 2 aliphatic rings. The second kappa shape index (κ2) is 16.8. The molecule has 14 heteroatoms. The van der Waals surface area contributed by atoms with Crippen LogP contribution >= 0.6 is 0 Å². The van der Waals surface area contributed by atoms with Crippen molar-refractivity contribution in [1.29, 1.82) is 0 Å². The van der Waals surface area contributed by atoms with E-state index >= 15 is 0 Å². The van der Waals surface area contributed by atoms with Crippen molar-refractivity contribution in [3.05, 3.63) is 103 Å². The molecule has 1 saturated heterocycles. The molecule has 1 aromatic heterocycles. The molecule has 59 heavy (non-hydrogen) atoms. The lowest BCUT2D eigenvalue weighted by Crippen LogP contribution is -2.61. The van der Waals surface area contributed by atoms with Crippen molar-refractivity contribution in [3.63, 3.8) is 0 Å². The van der Waals surface area contributed by atoms with Gasteiger partial charge in [-0.2, -0.15) is 0 Å². The van der Waals surface area contributed by atoms with Crippen molar-refractivity contribution >= 4 is 40.6 Å². The van der Waals surface area contributed by atoms with E-state index in [1.165, 1.54) is 4.90 Å². The molecule has 6 rings (SSSR count). The smallest absolute Gasteiger partial charge is 0.408 e. The maximum Gasteiger partial charge on any atom is 0.408 e. The van der Waals surface area contributed by atoms with Crippen LogP contribution in [0.15, 0.2) is 97.6 Å². The Balaban J connectivity index is 1.32. The first-order valence-electron chi connectivity index (χ1n) is 19.5. The normalized spacial score (nSPS) is 20.5. The maximum absolute atomic E-state index is 14.7. The third-order valence-electron chi connectivity index (χ3n) is 10.3. The van der Waals surface area contributed by atoms with Crippen LogP contribution in [0, 0.1) is 11.3 Å². The van der Waals surface area contributed by atoms with Crippen LogP contribution in [-0.2, 0) is 19.1 Å². The number of alkyl carbamates (subject to hydrolysis) is 1. The molecule has 14 nitrogen and oxygen atoms in total. The lowest BCUT2D eigenvalue weighted by Gasteiger charge is -2.36. The number of amides is 5.